The lowest BCUT2D eigenvalue weighted by Gasteiger charge is -2.21. The second-order valence-electron chi connectivity index (χ2n) is 25.9. The number of aliphatic hydroxyl groups is 1. The molecule has 0 heterocycles. The fourth-order valence-electron chi connectivity index (χ4n) is 10.1. The third-order valence-electron chi connectivity index (χ3n) is 16.1. The Kier molecular flexibility index (Phi) is 71.0. The van der Waals surface area contributed by atoms with Crippen LogP contribution in [0.1, 0.15) is 310 Å². The van der Waals surface area contributed by atoms with Gasteiger partial charge in [0.15, 0.2) is 12.2 Å². The third kappa shape index (κ3) is 73.5. The first-order valence-corrected chi connectivity index (χ1v) is 42.4. The summed E-state index contributed by atoms with van der Waals surface area (Å²) in [5.41, 5.74) is 0. The fraction of sp³-hybridized carbons (Fsp3) is 0.687. The standard InChI is InChI=1S/C83H140O17P2/c1-5-9-13-17-21-25-29-32-35-37-38-40-43-45-49-52-56-60-64-68-80(85)93-73-78(99-82(87)69-65-61-57-53-47-28-24-20-16-12-8-4)75-97-101(89,90)95-71-77(84)72-96-102(91,92)98-76-79(100-83(88)70-66-62-58-54-50-46-41-34-31-27-23-19-15-11-7-3)74-94-81(86)67-63-59-55-51-48-44-42-39-36-33-30-26-22-18-14-10-6-2/h9-10,13-14,20-22,24-26,32-36,38,40-42,44,51,55,77-79,84H,5-8,11-12,15-19,23,27-31,37,39,43,45-50,52-54,56-76H2,1-4H3,(H,89,90)(H,91,92)/b13-9-,14-10-,24-20-,25-21-,26-22-,35-32-,36-33-,40-38-,41-34-,44-42-,55-51-. The summed E-state index contributed by atoms with van der Waals surface area (Å²) in [6.07, 6.45) is 83.0. The molecule has 0 rings (SSSR count). The van der Waals surface area contributed by atoms with E-state index < -0.39 is 97.5 Å². The Balaban J connectivity index is 5.38. The molecule has 0 saturated heterocycles. The van der Waals surface area contributed by atoms with Crippen molar-refractivity contribution in [2.24, 2.45) is 0 Å². The van der Waals surface area contributed by atoms with Crippen LogP contribution >= 0.6 is 15.6 Å². The van der Waals surface area contributed by atoms with E-state index >= 15 is 0 Å². The van der Waals surface area contributed by atoms with Crippen LogP contribution in [0.15, 0.2) is 134 Å². The number of carbonyl (C=O) groups is 4. The highest BCUT2D eigenvalue weighted by Gasteiger charge is 2.30. The number of phosphoric acid groups is 2. The van der Waals surface area contributed by atoms with E-state index in [1.165, 1.54) is 51.4 Å². The Morgan fingerprint density at radius 3 is 0.863 bits per heavy atom. The molecule has 5 unspecified atom stereocenters. The number of phosphoric ester groups is 2. The summed E-state index contributed by atoms with van der Waals surface area (Å²) in [5, 5.41) is 10.6. The van der Waals surface area contributed by atoms with Gasteiger partial charge in [0.25, 0.3) is 0 Å². The zero-order valence-corrected chi connectivity index (χ0v) is 65.5. The minimum Gasteiger partial charge on any atom is -0.462 e. The van der Waals surface area contributed by atoms with E-state index in [4.69, 9.17) is 37.0 Å². The van der Waals surface area contributed by atoms with E-state index in [0.29, 0.717) is 32.1 Å². The molecule has 0 spiro atoms. The number of hydrogen-bond acceptors (Lipinski definition) is 15. The average molecular weight is 1470 g/mol. The topological polar surface area (TPSA) is 237 Å². The lowest BCUT2D eigenvalue weighted by Crippen LogP contribution is -2.30. The van der Waals surface area contributed by atoms with Crippen LogP contribution in [0.25, 0.3) is 0 Å². The van der Waals surface area contributed by atoms with E-state index in [-0.39, 0.29) is 25.7 Å². The van der Waals surface area contributed by atoms with Crippen molar-refractivity contribution in [2.45, 2.75) is 329 Å². The van der Waals surface area contributed by atoms with Crippen LogP contribution in [0, 0.1) is 0 Å². The van der Waals surface area contributed by atoms with Crippen molar-refractivity contribution >= 4 is 39.5 Å². The Morgan fingerprint density at radius 1 is 0.284 bits per heavy atom. The molecule has 0 fully saturated rings. The lowest BCUT2D eigenvalue weighted by atomic mass is 10.1. The molecule has 0 aliphatic carbocycles. The number of carbonyl (C=O) groups excluding carboxylic acids is 4. The number of allylic oxidation sites excluding steroid dienone is 22. The molecule has 0 aliphatic rings. The Morgan fingerprint density at radius 2 is 0.529 bits per heavy atom. The van der Waals surface area contributed by atoms with Gasteiger partial charge in [0.2, 0.25) is 0 Å². The Bertz CT molecular complexity index is 2460. The molecule has 19 heteroatoms. The molecule has 0 bridgehead atoms. The van der Waals surface area contributed by atoms with Crippen LogP contribution in [0.2, 0.25) is 0 Å². The maximum Gasteiger partial charge on any atom is 0.472 e. The van der Waals surface area contributed by atoms with Crippen LogP contribution < -0.4 is 0 Å². The molecular weight excluding hydrogens is 1330 g/mol. The molecule has 0 aromatic carbocycles. The lowest BCUT2D eigenvalue weighted by molar-refractivity contribution is -0.161. The number of unbranched alkanes of at least 4 members (excludes halogenated alkanes) is 25. The number of esters is 4. The Labute approximate surface area is 618 Å². The summed E-state index contributed by atoms with van der Waals surface area (Å²) in [7, 11) is -9.98. The molecule has 102 heavy (non-hydrogen) atoms. The van der Waals surface area contributed by atoms with E-state index in [1.807, 2.05) is 12.2 Å². The van der Waals surface area contributed by atoms with Gasteiger partial charge >= 0.3 is 39.5 Å². The van der Waals surface area contributed by atoms with Gasteiger partial charge in [-0.2, -0.15) is 0 Å². The largest absolute Gasteiger partial charge is 0.472 e. The van der Waals surface area contributed by atoms with Crippen LogP contribution in [0.3, 0.4) is 0 Å². The third-order valence-corrected chi connectivity index (χ3v) is 18.0. The average Bonchev–Trinajstić information content (AvgIpc) is 0.944. The predicted octanol–water partition coefficient (Wildman–Crippen LogP) is 22.9. The van der Waals surface area contributed by atoms with Crippen LogP contribution in [0.4, 0.5) is 0 Å². The van der Waals surface area contributed by atoms with Crippen LogP contribution in [-0.4, -0.2) is 96.7 Å². The van der Waals surface area contributed by atoms with E-state index in [9.17, 15) is 43.2 Å². The highest BCUT2D eigenvalue weighted by atomic mass is 31.2. The van der Waals surface area contributed by atoms with E-state index in [0.717, 1.165) is 173 Å². The number of ether oxygens (including phenoxy) is 4. The van der Waals surface area contributed by atoms with E-state index in [2.05, 4.69) is 149 Å². The molecule has 584 valence electrons. The fourth-order valence-corrected chi connectivity index (χ4v) is 11.7. The van der Waals surface area contributed by atoms with Crippen LogP contribution in [-0.2, 0) is 65.4 Å². The molecule has 0 radical (unpaired) electrons. The van der Waals surface area contributed by atoms with Crippen molar-refractivity contribution in [3.8, 4) is 0 Å². The summed E-state index contributed by atoms with van der Waals surface area (Å²) >= 11 is 0. The van der Waals surface area contributed by atoms with Crippen molar-refractivity contribution in [1.29, 1.82) is 0 Å². The van der Waals surface area contributed by atoms with Gasteiger partial charge in [0.1, 0.15) is 19.3 Å². The van der Waals surface area contributed by atoms with Crippen molar-refractivity contribution < 1.29 is 80.2 Å². The zero-order valence-electron chi connectivity index (χ0n) is 63.7. The van der Waals surface area contributed by atoms with Crippen LogP contribution in [0.5, 0.6) is 0 Å². The molecule has 0 aromatic rings. The smallest absolute Gasteiger partial charge is 0.462 e. The van der Waals surface area contributed by atoms with Crippen molar-refractivity contribution in [1.82, 2.24) is 0 Å². The summed E-state index contributed by atoms with van der Waals surface area (Å²) in [4.78, 5) is 72.9. The first-order valence-electron chi connectivity index (χ1n) is 39.4. The maximum absolute atomic E-state index is 13.1. The monoisotopic (exact) mass is 1470 g/mol. The van der Waals surface area contributed by atoms with Gasteiger partial charge in [-0.05, 0) is 148 Å². The van der Waals surface area contributed by atoms with Gasteiger partial charge in [0.05, 0.1) is 26.4 Å². The van der Waals surface area contributed by atoms with Crippen molar-refractivity contribution in [2.75, 3.05) is 39.6 Å². The second kappa shape index (κ2) is 74.5. The molecular formula is C83H140O17P2. The normalized spacial score (nSPS) is 14.6. The maximum atomic E-state index is 13.1. The van der Waals surface area contributed by atoms with Gasteiger partial charge in [-0.1, -0.05) is 271 Å². The Hall–Kier alpha value is -4.80. The summed E-state index contributed by atoms with van der Waals surface area (Å²) in [6.45, 7) is 4.51. The highest BCUT2D eigenvalue weighted by Crippen LogP contribution is 2.45. The van der Waals surface area contributed by atoms with Gasteiger partial charge in [-0.15, -0.1) is 0 Å². The first-order chi connectivity index (χ1) is 49.7. The molecule has 3 N–H and O–H groups in total. The highest BCUT2D eigenvalue weighted by molar-refractivity contribution is 7.47. The van der Waals surface area contributed by atoms with Gasteiger partial charge in [-0.3, -0.25) is 37.3 Å². The molecule has 17 nitrogen and oxygen atoms in total. The molecule has 0 saturated carbocycles. The zero-order chi connectivity index (χ0) is 74.6. The van der Waals surface area contributed by atoms with Crippen molar-refractivity contribution in [3.05, 3.63) is 134 Å². The van der Waals surface area contributed by atoms with Crippen molar-refractivity contribution in [3.63, 3.8) is 0 Å². The number of aliphatic hydroxyl groups excluding tert-OH is 1. The summed E-state index contributed by atoms with van der Waals surface area (Å²) in [5.74, 6) is -2.28. The van der Waals surface area contributed by atoms with E-state index in [1.54, 1.807) is 0 Å². The van der Waals surface area contributed by atoms with Gasteiger partial charge in [-0.25, -0.2) is 9.13 Å². The molecule has 0 amide bonds. The number of rotatable bonds is 73. The number of hydrogen-bond donors (Lipinski definition) is 3. The molecule has 0 aromatic heterocycles. The van der Waals surface area contributed by atoms with Gasteiger partial charge in [0, 0.05) is 25.7 Å². The summed E-state index contributed by atoms with van der Waals surface area (Å²) in [6, 6.07) is 0. The SMILES string of the molecule is CC/C=C\C/C=C\C/C=C\C/C=C\C/C=C\CCCC(=O)OCC(COP(=O)(O)OCC(O)COP(=O)(O)OCC(COC(=O)CCCCCCCC/C=C\C/C=C\C/C=C\C/C=C\CC)OC(=O)CCCCCCC/C=C\CCCC)OC(=O)CCCCCCC/C=C\CCCCCCCC. The quantitative estimate of drug-likeness (QED) is 0.0169. The second-order valence-corrected chi connectivity index (χ2v) is 28.8. The summed E-state index contributed by atoms with van der Waals surface area (Å²) < 4.78 is 68.5. The minimum absolute atomic E-state index is 0.0704. The molecule has 0 aliphatic heterocycles. The first kappa shape index (κ1) is 97.2. The predicted molar refractivity (Wildman–Crippen MR) is 418 cm³/mol. The molecule has 5 atom stereocenters. The minimum atomic E-state index is -4.99. The van der Waals surface area contributed by atoms with Gasteiger partial charge < -0.3 is 33.8 Å².